The highest BCUT2D eigenvalue weighted by atomic mass is 16.7. The highest BCUT2D eigenvalue weighted by molar-refractivity contribution is 4.73. The number of hydrogen-bond donors (Lipinski definition) is 0. The van der Waals surface area contributed by atoms with E-state index in [-0.39, 0.29) is 6.10 Å². The van der Waals surface area contributed by atoms with Crippen LogP contribution in [0.15, 0.2) is 18.7 Å². The molecule has 0 aromatic carbocycles. The summed E-state index contributed by atoms with van der Waals surface area (Å²) in [6.45, 7) is 3.15. The fourth-order valence-corrected chi connectivity index (χ4v) is 1.27. The van der Waals surface area contributed by atoms with Crippen molar-refractivity contribution in [2.75, 3.05) is 26.6 Å². The maximum atomic E-state index is 5.44. The van der Waals surface area contributed by atoms with E-state index in [1.807, 2.05) is 10.8 Å². The zero-order valence-electron chi connectivity index (χ0n) is 7.96. The van der Waals surface area contributed by atoms with Gasteiger partial charge in [-0.1, -0.05) is 0 Å². The molecule has 2 heterocycles. The van der Waals surface area contributed by atoms with Crippen LogP contribution in [0.2, 0.25) is 0 Å². The van der Waals surface area contributed by atoms with E-state index in [9.17, 15) is 0 Å². The molecule has 5 heteroatoms. The number of rotatable bonds is 5. The van der Waals surface area contributed by atoms with Crippen LogP contribution >= 0.6 is 0 Å². The first-order valence-corrected chi connectivity index (χ1v) is 4.68. The molecule has 1 aliphatic heterocycles. The van der Waals surface area contributed by atoms with E-state index in [2.05, 4.69) is 4.98 Å². The Kier molecular flexibility index (Phi) is 3.50. The Morgan fingerprint density at radius 1 is 1.57 bits per heavy atom. The molecule has 0 bridgehead atoms. The lowest BCUT2D eigenvalue weighted by Crippen LogP contribution is -2.19. The fraction of sp³-hybridized carbons (Fsp3) is 0.667. The molecule has 78 valence electrons. The predicted molar refractivity (Wildman–Crippen MR) is 48.7 cm³/mol. The van der Waals surface area contributed by atoms with E-state index >= 15 is 0 Å². The molecule has 2 rings (SSSR count). The van der Waals surface area contributed by atoms with E-state index in [4.69, 9.17) is 14.2 Å². The lowest BCUT2D eigenvalue weighted by Gasteiger charge is -2.08. The molecule has 14 heavy (non-hydrogen) atoms. The number of nitrogens with zero attached hydrogens (tertiary/aromatic N) is 2. The van der Waals surface area contributed by atoms with Crippen LogP contribution in [-0.2, 0) is 20.8 Å². The van der Waals surface area contributed by atoms with E-state index < -0.39 is 0 Å². The second-order valence-electron chi connectivity index (χ2n) is 3.15. The Morgan fingerprint density at radius 2 is 2.57 bits per heavy atom. The summed E-state index contributed by atoms with van der Waals surface area (Å²) in [5.41, 5.74) is 0. The Morgan fingerprint density at radius 3 is 3.29 bits per heavy atom. The molecule has 5 nitrogen and oxygen atoms in total. The number of hydrogen-bond acceptors (Lipinski definition) is 4. The van der Waals surface area contributed by atoms with Gasteiger partial charge in [0.2, 0.25) is 0 Å². The first-order chi connectivity index (χ1) is 6.95. The first kappa shape index (κ1) is 9.64. The van der Waals surface area contributed by atoms with Gasteiger partial charge < -0.3 is 18.8 Å². The van der Waals surface area contributed by atoms with Gasteiger partial charge in [0.05, 0.1) is 26.1 Å². The SMILES string of the molecule is c1cn(CCOCC2COCO2)cn1. The first-order valence-electron chi connectivity index (χ1n) is 4.68. The van der Waals surface area contributed by atoms with Crippen LogP contribution in [0.1, 0.15) is 0 Å². The van der Waals surface area contributed by atoms with E-state index in [1.54, 1.807) is 12.5 Å². The smallest absolute Gasteiger partial charge is 0.147 e. The normalized spacial score (nSPS) is 21.6. The minimum atomic E-state index is 0.109. The third-order valence-electron chi connectivity index (χ3n) is 2.05. The number of imidazole rings is 1. The topological polar surface area (TPSA) is 45.5 Å². The van der Waals surface area contributed by atoms with Crippen molar-refractivity contribution in [3.63, 3.8) is 0 Å². The van der Waals surface area contributed by atoms with Crippen LogP contribution < -0.4 is 0 Å². The van der Waals surface area contributed by atoms with Crippen molar-refractivity contribution in [1.29, 1.82) is 0 Å². The highest BCUT2D eigenvalue weighted by Gasteiger charge is 2.15. The molecule has 0 radical (unpaired) electrons. The number of aromatic nitrogens is 2. The van der Waals surface area contributed by atoms with Crippen LogP contribution in [0.4, 0.5) is 0 Å². The molecule has 0 spiro atoms. The summed E-state index contributed by atoms with van der Waals surface area (Å²) in [6, 6.07) is 0. The predicted octanol–water partition coefficient (Wildman–Crippen LogP) is 0.273. The van der Waals surface area contributed by atoms with Gasteiger partial charge in [-0.15, -0.1) is 0 Å². The lowest BCUT2D eigenvalue weighted by atomic mass is 10.4. The van der Waals surface area contributed by atoms with Crippen molar-refractivity contribution >= 4 is 0 Å². The third kappa shape index (κ3) is 2.80. The van der Waals surface area contributed by atoms with Crippen molar-refractivity contribution in [2.45, 2.75) is 12.6 Å². The summed E-state index contributed by atoms with van der Waals surface area (Å²) in [5.74, 6) is 0. The molecule has 1 aliphatic rings. The molecule has 0 saturated carbocycles. The van der Waals surface area contributed by atoms with Crippen LogP contribution in [0.25, 0.3) is 0 Å². The molecule has 1 aromatic rings. The van der Waals surface area contributed by atoms with Gasteiger partial charge in [-0.25, -0.2) is 4.98 Å². The molecule has 1 fully saturated rings. The second-order valence-corrected chi connectivity index (χ2v) is 3.15. The van der Waals surface area contributed by atoms with Gasteiger partial charge in [0.25, 0.3) is 0 Å². The Hall–Kier alpha value is -0.910. The number of ether oxygens (including phenoxy) is 3. The summed E-state index contributed by atoms with van der Waals surface area (Å²) in [5, 5.41) is 0. The maximum Gasteiger partial charge on any atom is 0.147 e. The molecule has 1 unspecified atom stereocenters. The van der Waals surface area contributed by atoms with Crippen LogP contribution in [0, 0.1) is 0 Å². The molecular weight excluding hydrogens is 184 g/mol. The Bertz CT molecular complexity index is 245. The average molecular weight is 198 g/mol. The van der Waals surface area contributed by atoms with Crippen LogP contribution in [0.5, 0.6) is 0 Å². The minimum Gasteiger partial charge on any atom is -0.377 e. The molecule has 0 amide bonds. The maximum absolute atomic E-state index is 5.44. The molecule has 1 aromatic heterocycles. The zero-order valence-corrected chi connectivity index (χ0v) is 7.96. The molecule has 1 saturated heterocycles. The average Bonchev–Trinajstić information content (AvgIpc) is 2.86. The van der Waals surface area contributed by atoms with E-state index in [0.29, 0.717) is 26.6 Å². The van der Waals surface area contributed by atoms with Crippen molar-refractivity contribution in [2.24, 2.45) is 0 Å². The summed E-state index contributed by atoms with van der Waals surface area (Å²) < 4.78 is 17.7. The van der Waals surface area contributed by atoms with Gasteiger partial charge in [-0.2, -0.15) is 0 Å². The standard InChI is InChI=1S/C9H14N2O3/c1-2-11(7-10-1)3-4-12-5-9-6-13-8-14-9/h1-2,7,9H,3-6,8H2. The summed E-state index contributed by atoms with van der Waals surface area (Å²) >= 11 is 0. The highest BCUT2D eigenvalue weighted by Crippen LogP contribution is 2.02. The van der Waals surface area contributed by atoms with E-state index in [0.717, 1.165) is 6.54 Å². The molecular formula is C9H14N2O3. The van der Waals surface area contributed by atoms with Crippen molar-refractivity contribution < 1.29 is 14.2 Å². The lowest BCUT2D eigenvalue weighted by molar-refractivity contribution is 0.00366. The summed E-state index contributed by atoms with van der Waals surface area (Å²) in [4.78, 5) is 3.94. The zero-order chi connectivity index (χ0) is 9.64. The van der Waals surface area contributed by atoms with Gasteiger partial charge in [-0.3, -0.25) is 0 Å². The van der Waals surface area contributed by atoms with E-state index in [1.165, 1.54) is 0 Å². The Balaban J connectivity index is 1.55. The fourth-order valence-electron chi connectivity index (χ4n) is 1.27. The van der Waals surface area contributed by atoms with Gasteiger partial charge in [-0.05, 0) is 0 Å². The van der Waals surface area contributed by atoms with Crippen molar-refractivity contribution in [3.8, 4) is 0 Å². The largest absolute Gasteiger partial charge is 0.377 e. The van der Waals surface area contributed by atoms with Crippen LogP contribution in [0.3, 0.4) is 0 Å². The minimum absolute atomic E-state index is 0.109. The quantitative estimate of drug-likeness (QED) is 0.637. The van der Waals surface area contributed by atoms with Gasteiger partial charge in [0, 0.05) is 18.9 Å². The molecule has 1 atom stereocenters. The van der Waals surface area contributed by atoms with Gasteiger partial charge >= 0.3 is 0 Å². The van der Waals surface area contributed by atoms with Crippen molar-refractivity contribution in [3.05, 3.63) is 18.7 Å². The van der Waals surface area contributed by atoms with Crippen LogP contribution in [-0.4, -0.2) is 42.3 Å². The van der Waals surface area contributed by atoms with Gasteiger partial charge in [0.15, 0.2) is 0 Å². The summed E-state index contributed by atoms with van der Waals surface area (Å²) in [7, 11) is 0. The molecule has 0 N–H and O–H groups in total. The second kappa shape index (κ2) is 5.09. The monoisotopic (exact) mass is 198 g/mol. The van der Waals surface area contributed by atoms with Gasteiger partial charge in [0.1, 0.15) is 12.9 Å². The van der Waals surface area contributed by atoms with Crippen molar-refractivity contribution in [1.82, 2.24) is 9.55 Å². The molecule has 0 aliphatic carbocycles. The summed E-state index contributed by atoms with van der Waals surface area (Å²) in [6.07, 6.45) is 5.56. The third-order valence-corrected chi connectivity index (χ3v) is 2.05. The Labute approximate surface area is 82.6 Å².